The van der Waals surface area contributed by atoms with Gasteiger partial charge in [-0.05, 0) is 43.9 Å². The third-order valence-corrected chi connectivity index (χ3v) is 6.09. The Morgan fingerprint density at radius 3 is 2.75 bits per heavy atom. The number of nitrogens with zero attached hydrogens (tertiary/aromatic N) is 1. The monoisotopic (exact) mass is 301 g/mol. The van der Waals surface area contributed by atoms with Gasteiger partial charge in [-0.25, -0.2) is 12.8 Å². The van der Waals surface area contributed by atoms with Gasteiger partial charge in [-0.15, -0.1) is 0 Å². The fourth-order valence-electron chi connectivity index (χ4n) is 2.60. The summed E-state index contributed by atoms with van der Waals surface area (Å²) in [5, 5.41) is 9.06. The van der Waals surface area contributed by atoms with Crippen molar-refractivity contribution in [3.63, 3.8) is 0 Å². The number of hydrogen-bond acceptors (Lipinski definition) is 3. The van der Waals surface area contributed by atoms with Gasteiger partial charge < -0.3 is 5.11 Å². The van der Waals surface area contributed by atoms with Crippen LogP contribution in [0.1, 0.15) is 32.3 Å². The first-order chi connectivity index (χ1) is 9.37. The first-order valence-electron chi connectivity index (χ1n) is 6.79. The van der Waals surface area contributed by atoms with Crippen molar-refractivity contribution >= 4 is 10.0 Å². The third kappa shape index (κ3) is 2.73. The van der Waals surface area contributed by atoms with E-state index in [1.165, 1.54) is 16.4 Å². The summed E-state index contributed by atoms with van der Waals surface area (Å²) >= 11 is 0. The molecule has 0 bridgehead atoms. The summed E-state index contributed by atoms with van der Waals surface area (Å²) in [5.74, 6) is -0.289. The Balaban J connectivity index is 2.39. The molecule has 2 unspecified atom stereocenters. The summed E-state index contributed by atoms with van der Waals surface area (Å²) in [7, 11) is -3.64. The van der Waals surface area contributed by atoms with Gasteiger partial charge >= 0.3 is 0 Å². The highest BCUT2D eigenvalue weighted by molar-refractivity contribution is 7.89. The Morgan fingerprint density at radius 1 is 1.40 bits per heavy atom. The Morgan fingerprint density at radius 2 is 2.10 bits per heavy atom. The molecular weight excluding hydrogens is 281 g/mol. The molecule has 20 heavy (non-hydrogen) atoms. The molecule has 0 aromatic heterocycles. The Labute approximate surface area is 119 Å². The number of benzene rings is 1. The number of piperidine rings is 1. The van der Waals surface area contributed by atoms with Crippen LogP contribution in [0.4, 0.5) is 4.39 Å². The van der Waals surface area contributed by atoms with Crippen LogP contribution in [0.3, 0.4) is 0 Å². The number of sulfonamides is 1. The summed E-state index contributed by atoms with van der Waals surface area (Å²) in [6, 6.07) is 3.50. The number of hydrogen-bond donors (Lipinski definition) is 1. The summed E-state index contributed by atoms with van der Waals surface area (Å²) in [6.45, 7) is 3.91. The maximum Gasteiger partial charge on any atom is 0.243 e. The van der Waals surface area contributed by atoms with E-state index in [4.69, 9.17) is 5.11 Å². The highest BCUT2D eigenvalue weighted by atomic mass is 32.2. The maximum atomic E-state index is 13.4. The van der Waals surface area contributed by atoms with Crippen molar-refractivity contribution in [2.75, 3.05) is 6.54 Å². The van der Waals surface area contributed by atoms with Crippen molar-refractivity contribution in [1.29, 1.82) is 0 Å². The molecule has 0 aliphatic carbocycles. The minimum atomic E-state index is -3.64. The van der Waals surface area contributed by atoms with Crippen LogP contribution in [0, 0.1) is 11.7 Å². The molecule has 1 aromatic carbocycles. The Kier molecular flexibility index (Phi) is 4.46. The normalized spacial score (nSPS) is 24.8. The van der Waals surface area contributed by atoms with E-state index in [2.05, 4.69) is 0 Å². The molecule has 1 aliphatic heterocycles. The Bertz CT molecular complexity index is 588. The van der Waals surface area contributed by atoms with Crippen LogP contribution < -0.4 is 0 Å². The van der Waals surface area contributed by atoms with Crippen LogP contribution in [-0.2, 0) is 16.6 Å². The van der Waals surface area contributed by atoms with Crippen LogP contribution in [0.25, 0.3) is 0 Å². The quantitative estimate of drug-likeness (QED) is 0.930. The SMILES string of the molecule is CC1CCCN(S(=O)(=O)c2ccc(F)c(CO)c2)C1C. The zero-order chi connectivity index (χ0) is 14.9. The molecule has 2 atom stereocenters. The van der Waals surface area contributed by atoms with E-state index in [9.17, 15) is 12.8 Å². The topological polar surface area (TPSA) is 57.6 Å². The molecule has 2 rings (SSSR count). The molecule has 1 aromatic rings. The smallest absolute Gasteiger partial charge is 0.243 e. The van der Waals surface area contributed by atoms with Gasteiger partial charge in [0.15, 0.2) is 0 Å². The van der Waals surface area contributed by atoms with Gasteiger partial charge in [0, 0.05) is 18.2 Å². The van der Waals surface area contributed by atoms with Crippen LogP contribution in [0.5, 0.6) is 0 Å². The first-order valence-corrected chi connectivity index (χ1v) is 8.23. The molecule has 0 radical (unpaired) electrons. The second-order valence-corrected chi connectivity index (χ2v) is 7.28. The summed E-state index contributed by atoms with van der Waals surface area (Å²) in [5.41, 5.74) is 0.00351. The van der Waals surface area contributed by atoms with Crippen molar-refractivity contribution in [2.24, 2.45) is 5.92 Å². The zero-order valence-electron chi connectivity index (χ0n) is 11.7. The lowest BCUT2D eigenvalue weighted by molar-refractivity contribution is 0.202. The third-order valence-electron chi connectivity index (χ3n) is 4.11. The minimum Gasteiger partial charge on any atom is -0.392 e. The maximum absolute atomic E-state index is 13.4. The minimum absolute atomic E-state index is 0.00351. The number of halogens is 1. The molecule has 1 saturated heterocycles. The van der Waals surface area contributed by atoms with Crippen LogP contribution >= 0.6 is 0 Å². The molecule has 0 spiro atoms. The Hall–Kier alpha value is -0.980. The van der Waals surface area contributed by atoms with E-state index < -0.39 is 22.4 Å². The fraction of sp³-hybridized carbons (Fsp3) is 0.571. The molecule has 0 saturated carbocycles. The number of aliphatic hydroxyl groups is 1. The van der Waals surface area contributed by atoms with E-state index in [1.807, 2.05) is 13.8 Å². The van der Waals surface area contributed by atoms with Crippen LogP contribution in [0.15, 0.2) is 23.1 Å². The summed E-state index contributed by atoms with van der Waals surface area (Å²) in [4.78, 5) is 0.0453. The highest BCUT2D eigenvalue weighted by Gasteiger charge is 2.34. The predicted molar refractivity (Wildman–Crippen MR) is 74.1 cm³/mol. The summed E-state index contributed by atoms with van der Waals surface area (Å²) in [6.07, 6.45) is 1.84. The molecule has 4 nitrogen and oxygen atoms in total. The first kappa shape index (κ1) is 15.4. The lowest BCUT2D eigenvalue weighted by atomic mass is 9.94. The zero-order valence-corrected chi connectivity index (χ0v) is 12.5. The van der Waals surface area contributed by atoms with Gasteiger partial charge in [-0.3, -0.25) is 0 Å². The van der Waals surface area contributed by atoms with Crippen molar-refractivity contribution < 1.29 is 17.9 Å². The molecule has 1 fully saturated rings. The largest absolute Gasteiger partial charge is 0.392 e. The van der Waals surface area contributed by atoms with Crippen LogP contribution in [-0.4, -0.2) is 30.4 Å². The van der Waals surface area contributed by atoms with Crippen molar-refractivity contribution in [2.45, 2.75) is 44.2 Å². The second kappa shape index (κ2) is 5.79. The molecule has 0 amide bonds. The average Bonchev–Trinajstić information content (AvgIpc) is 2.42. The van der Waals surface area contributed by atoms with Gasteiger partial charge in [-0.2, -0.15) is 4.31 Å². The second-order valence-electron chi connectivity index (χ2n) is 5.39. The van der Waals surface area contributed by atoms with Gasteiger partial charge in [0.2, 0.25) is 10.0 Å². The van der Waals surface area contributed by atoms with Crippen LogP contribution in [0.2, 0.25) is 0 Å². The van der Waals surface area contributed by atoms with E-state index >= 15 is 0 Å². The van der Waals surface area contributed by atoms with Crippen molar-refractivity contribution in [1.82, 2.24) is 4.31 Å². The van der Waals surface area contributed by atoms with Gasteiger partial charge in [0.1, 0.15) is 5.82 Å². The fourth-order valence-corrected chi connectivity index (χ4v) is 4.42. The van der Waals surface area contributed by atoms with E-state index in [0.29, 0.717) is 12.5 Å². The molecule has 1 heterocycles. The molecular formula is C14H20FNO3S. The molecule has 6 heteroatoms. The lowest BCUT2D eigenvalue weighted by Gasteiger charge is -2.36. The number of aliphatic hydroxyl groups excluding tert-OH is 1. The highest BCUT2D eigenvalue weighted by Crippen LogP contribution is 2.29. The van der Waals surface area contributed by atoms with Gasteiger partial charge in [0.05, 0.1) is 11.5 Å². The van der Waals surface area contributed by atoms with Crippen molar-refractivity contribution in [3.8, 4) is 0 Å². The summed E-state index contributed by atoms with van der Waals surface area (Å²) < 4.78 is 40.1. The molecule has 1 aliphatic rings. The lowest BCUT2D eigenvalue weighted by Crippen LogP contribution is -2.45. The standard InChI is InChI=1S/C14H20FNO3S/c1-10-4-3-7-16(11(10)2)20(18,19)13-5-6-14(15)12(8-13)9-17/h5-6,8,10-11,17H,3-4,7,9H2,1-2H3. The molecule has 112 valence electrons. The predicted octanol–water partition coefficient (Wildman–Crippen LogP) is 2.13. The van der Waals surface area contributed by atoms with Gasteiger partial charge in [0.25, 0.3) is 0 Å². The van der Waals surface area contributed by atoms with Gasteiger partial charge in [-0.1, -0.05) is 6.92 Å². The number of rotatable bonds is 3. The van der Waals surface area contributed by atoms with E-state index in [0.717, 1.165) is 18.9 Å². The average molecular weight is 301 g/mol. The van der Waals surface area contributed by atoms with E-state index in [1.54, 1.807) is 0 Å². The van der Waals surface area contributed by atoms with E-state index in [-0.39, 0.29) is 16.5 Å². The van der Waals surface area contributed by atoms with Crippen molar-refractivity contribution in [3.05, 3.63) is 29.6 Å². The molecule has 1 N–H and O–H groups in total.